The molecule has 0 aliphatic rings. The Morgan fingerprint density at radius 2 is 0.938 bits per heavy atom. The molecule has 0 saturated heterocycles. The highest BCUT2D eigenvalue weighted by atomic mass is 16.6. The Balaban J connectivity index is 5.73. The zero-order valence-corrected chi connectivity index (χ0v) is 18.9. The van der Waals surface area contributed by atoms with Gasteiger partial charge in [0.1, 0.15) is 24.4 Å². The summed E-state index contributed by atoms with van der Waals surface area (Å²) < 4.78 is 35.1. The maximum absolute atomic E-state index is 8.89. The molecule has 0 saturated carbocycles. The van der Waals surface area contributed by atoms with E-state index in [1.807, 2.05) is 12.1 Å². The molecule has 0 aliphatic heterocycles. The molecular formula is C20H40N6O6. The van der Waals surface area contributed by atoms with Crippen molar-refractivity contribution in [3.05, 3.63) is 0 Å². The van der Waals surface area contributed by atoms with Crippen LogP contribution < -0.4 is 22.9 Å². The largest absolute Gasteiger partial charge is 0.378 e. The zero-order valence-electron chi connectivity index (χ0n) is 18.9. The van der Waals surface area contributed by atoms with E-state index < -0.39 is 24.4 Å². The number of hydrogen-bond donors (Lipinski definition) is 4. The van der Waals surface area contributed by atoms with Crippen molar-refractivity contribution in [3.8, 4) is 12.1 Å². The number of ether oxygens (including phenoxy) is 6. The number of rotatable bonds is 23. The molecule has 0 aromatic carbocycles. The molecule has 0 radical (unpaired) electrons. The van der Waals surface area contributed by atoms with E-state index in [4.69, 9.17) is 61.9 Å². The second-order valence-corrected chi connectivity index (χ2v) is 6.61. The molecule has 0 rings (SSSR count). The topological polar surface area (TPSA) is 207 Å². The van der Waals surface area contributed by atoms with Crippen LogP contribution in [0.15, 0.2) is 0 Å². The standard InChI is InChI=1S/C20H40N6O6/c21-3-1-9-27-15-17(29-10-2-4-22)19(31-13-7-25)20(32-14-8-26)18(30-12-6-24)16-28-11-5-23/h17-20H,1-2,5-16,23-26H2/t17-,18+,19-,20-/m1/s1. The van der Waals surface area contributed by atoms with E-state index >= 15 is 0 Å². The Labute approximate surface area is 190 Å². The van der Waals surface area contributed by atoms with E-state index in [9.17, 15) is 0 Å². The van der Waals surface area contributed by atoms with E-state index in [2.05, 4.69) is 0 Å². The molecule has 12 heteroatoms. The fourth-order valence-corrected chi connectivity index (χ4v) is 2.79. The maximum atomic E-state index is 8.89. The summed E-state index contributed by atoms with van der Waals surface area (Å²) in [4.78, 5) is 0. The molecule has 0 spiro atoms. The van der Waals surface area contributed by atoms with E-state index in [1.54, 1.807) is 0 Å². The molecular weight excluding hydrogens is 420 g/mol. The third-order valence-electron chi connectivity index (χ3n) is 4.09. The van der Waals surface area contributed by atoms with Gasteiger partial charge < -0.3 is 51.4 Å². The van der Waals surface area contributed by atoms with Gasteiger partial charge in [-0.25, -0.2) is 0 Å². The first-order valence-corrected chi connectivity index (χ1v) is 10.9. The van der Waals surface area contributed by atoms with Gasteiger partial charge >= 0.3 is 0 Å². The molecule has 0 aromatic rings. The first kappa shape index (κ1) is 30.6. The molecule has 0 amide bonds. The Bertz CT molecular complexity index is 504. The molecule has 4 atom stereocenters. The van der Waals surface area contributed by atoms with Crippen molar-refractivity contribution in [1.29, 1.82) is 10.5 Å². The van der Waals surface area contributed by atoms with Crippen LogP contribution in [-0.2, 0) is 28.4 Å². The second kappa shape index (κ2) is 22.8. The highest BCUT2D eigenvalue weighted by Crippen LogP contribution is 2.20. The number of hydrogen-bond acceptors (Lipinski definition) is 12. The van der Waals surface area contributed by atoms with Gasteiger partial charge in [0.2, 0.25) is 0 Å². The van der Waals surface area contributed by atoms with Gasteiger partial charge in [0.25, 0.3) is 0 Å². The number of nitrogens with two attached hydrogens (primary N) is 4. The minimum Gasteiger partial charge on any atom is -0.378 e. The third kappa shape index (κ3) is 14.6. The van der Waals surface area contributed by atoms with Crippen LogP contribution in [-0.4, -0.2) is 103 Å². The fraction of sp³-hybridized carbons (Fsp3) is 0.900. The average Bonchev–Trinajstić information content (AvgIpc) is 2.80. The van der Waals surface area contributed by atoms with Crippen LogP contribution >= 0.6 is 0 Å². The van der Waals surface area contributed by atoms with Crippen LogP contribution in [0.2, 0.25) is 0 Å². The summed E-state index contributed by atoms with van der Waals surface area (Å²) in [5.74, 6) is 0. The quantitative estimate of drug-likeness (QED) is 0.125. The van der Waals surface area contributed by atoms with Gasteiger partial charge in [0.05, 0.1) is 77.8 Å². The molecule has 0 heterocycles. The third-order valence-corrected chi connectivity index (χ3v) is 4.09. The van der Waals surface area contributed by atoms with Gasteiger partial charge in [-0.1, -0.05) is 0 Å². The van der Waals surface area contributed by atoms with E-state index in [0.29, 0.717) is 19.7 Å². The lowest BCUT2D eigenvalue weighted by atomic mass is 10.0. The van der Waals surface area contributed by atoms with Crippen molar-refractivity contribution in [2.45, 2.75) is 37.3 Å². The summed E-state index contributed by atoms with van der Waals surface area (Å²) in [5, 5.41) is 17.7. The van der Waals surface area contributed by atoms with Crippen LogP contribution in [0.3, 0.4) is 0 Å². The number of nitrogens with zero attached hydrogens (tertiary/aromatic N) is 2. The molecule has 32 heavy (non-hydrogen) atoms. The smallest absolute Gasteiger partial charge is 0.115 e. The summed E-state index contributed by atoms with van der Waals surface area (Å²) in [6.07, 6.45) is -2.06. The highest BCUT2D eigenvalue weighted by Gasteiger charge is 2.38. The lowest BCUT2D eigenvalue weighted by Crippen LogP contribution is -2.53. The van der Waals surface area contributed by atoms with Crippen LogP contribution in [0, 0.1) is 22.7 Å². The summed E-state index contributed by atoms with van der Waals surface area (Å²) >= 11 is 0. The van der Waals surface area contributed by atoms with E-state index in [0.717, 1.165) is 0 Å². The van der Waals surface area contributed by atoms with Gasteiger partial charge in [-0.05, 0) is 0 Å². The lowest BCUT2D eigenvalue weighted by Gasteiger charge is -2.37. The Morgan fingerprint density at radius 3 is 1.41 bits per heavy atom. The molecule has 12 nitrogen and oxygen atoms in total. The molecule has 0 aliphatic carbocycles. The van der Waals surface area contributed by atoms with Crippen molar-refractivity contribution in [2.24, 2.45) is 22.9 Å². The first-order chi connectivity index (χ1) is 15.7. The summed E-state index contributed by atoms with van der Waals surface area (Å²) in [5.41, 5.74) is 22.5. The van der Waals surface area contributed by atoms with Gasteiger partial charge in [0.15, 0.2) is 0 Å². The molecule has 186 valence electrons. The van der Waals surface area contributed by atoms with Gasteiger partial charge in [-0.15, -0.1) is 0 Å². The molecule has 0 aromatic heterocycles. The molecule has 8 N–H and O–H groups in total. The second-order valence-electron chi connectivity index (χ2n) is 6.61. The van der Waals surface area contributed by atoms with E-state index in [-0.39, 0.29) is 72.2 Å². The van der Waals surface area contributed by atoms with Gasteiger partial charge in [-0.2, -0.15) is 10.5 Å². The van der Waals surface area contributed by atoms with Crippen LogP contribution in [0.25, 0.3) is 0 Å². The maximum Gasteiger partial charge on any atom is 0.115 e. The van der Waals surface area contributed by atoms with E-state index in [1.165, 1.54) is 0 Å². The minimum absolute atomic E-state index is 0.123. The van der Waals surface area contributed by atoms with Gasteiger partial charge in [0, 0.05) is 26.2 Å². The van der Waals surface area contributed by atoms with Crippen molar-refractivity contribution in [1.82, 2.24) is 0 Å². The Hall–Kier alpha value is -1.42. The summed E-state index contributed by atoms with van der Waals surface area (Å²) in [6.45, 7) is 3.05. The van der Waals surface area contributed by atoms with Crippen LogP contribution in [0.4, 0.5) is 0 Å². The normalized spacial score (nSPS) is 14.9. The predicted molar refractivity (Wildman–Crippen MR) is 117 cm³/mol. The van der Waals surface area contributed by atoms with Crippen molar-refractivity contribution < 1.29 is 28.4 Å². The van der Waals surface area contributed by atoms with Crippen molar-refractivity contribution >= 4 is 0 Å². The monoisotopic (exact) mass is 460 g/mol. The summed E-state index contributed by atoms with van der Waals surface area (Å²) in [7, 11) is 0. The molecule has 0 unspecified atom stereocenters. The van der Waals surface area contributed by atoms with Crippen molar-refractivity contribution in [3.63, 3.8) is 0 Å². The predicted octanol–water partition coefficient (Wildman–Crippen LogP) is -1.78. The lowest BCUT2D eigenvalue weighted by molar-refractivity contribution is -0.194. The highest BCUT2D eigenvalue weighted by molar-refractivity contribution is 4.87. The number of nitriles is 2. The first-order valence-electron chi connectivity index (χ1n) is 10.9. The average molecular weight is 461 g/mol. The van der Waals surface area contributed by atoms with Gasteiger partial charge in [-0.3, -0.25) is 0 Å². The summed E-state index contributed by atoms with van der Waals surface area (Å²) in [6, 6.07) is 4.07. The van der Waals surface area contributed by atoms with Crippen LogP contribution in [0.1, 0.15) is 12.8 Å². The SMILES string of the molecule is N#CCCOC[C@@H](OCCC#N)[C@@H](OCCN)[C@H](OCCN)[C@H](COCCN)OCCN. The van der Waals surface area contributed by atoms with Crippen LogP contribution in [0.5, 0.6) is 0 Å². The molecule has 0 fully saturated rings. The minimum atomic E-state index is -0.671. The Morgan fingerprint density at radius 1 is 0.531 bits per heavy atom. The fourth-order valence-electron chi connectivity index (χ4n) is 2.79. The van der Waals surface area contributed by atoms with Crippen molar-refractivity contribution in [2.75, 3.05) is 79.0 Å². The Kier molecular flexibility index (Phi) is 21.8. The molecule has 0 bridgehead atoms. The zero-order chi connectivity index (χ0) is 23.9.